The summed E-state index contributed by atoms with van der Waals surface area (Å²) in [6.45, 7) is 6.04. The SMILES string of the molecule is CCCCCC(C)(O)c1cncc(C)c1. The summed E-state index contributed by atoms with van der Waals surface area (Å²) >= 11 is 0. The highest BCUT2D eigenvalue weighted by atomic mass is 16.3. The Hall–Kier alpha value is -0.890. The van der Waals surface area contributed by atoms with Crippen LogP contribution in [0.1, 0.15) is 50.7 Å². The third kappa shape index (κ3) is 3.63. The van der Waals surface area contributed by atoms with E-state index in [9.17, 15) is 5.11 Å². The molecule has 0 aliphatic heterocycles. The second kappa shape index (κ2) is 5.26. The third-order valence-corrected chi connectivity index (χ3v) is 2.76. The monoisotopic (exact) mass is 207 g/mol. The van der Waals surface area contributed by atoms with Gasteiger partial charge in [-0.2, -0.15) is 0 Å². The maximum Gasteiger partial charge on any atom is 0.0883 e. The molecule has 2 nitrogen and oxygen atoms in total. The van der Waals surface area contributed by atoms with Crippen LogP contribution in [0.2, 0.25) is 0 Å². The Morgan fingerprint density at radius 3 is 2.67 bits per heavy atom. The zero-order valence-electron chi connectivity index (χ0n) is 9.95. The van der Waals surface area contributed by atoms with Crippen molar-refractivity contribution in [2.75, 3.05) is 0 Å². The largest absolute Gasteiger partial charge is 0.385 e. The normalized spacial score (nSPS) is 14.9. The molecule has 2 heteroatoms. The Balaban J connectivity index is 2.67. The predicted molar refractivity (Wildman–Crippen MR) is 62.7 cm³/mol. The van der Waals surface area contributed by atoms with Crippen molar-refractivity contribution >= 4 is 0 Å². The summed E-state index contributed by atoms with van der Waals surface area (Å²) in [6, 6.07) is 2.01. The molecule has 15 heavy (non-hydrogen) atoms. The first-order chi connectivity index (χ1) is 7.06. The van der Waals surface area contributed by atoms with E-state index in [1.807, 2.05) is 26.1 Å². The number of hydrogen-bond acceptors (Lipinski definition) is 2. The average molecular weight is 207 g/mol. The Morgan fingerprint density at radius 1 is 1.33 bits per heavy atom. The highest BCUT2D eigenvalue weighted by Gasteiger charge is 2.22. The molecule has 0 aromatic carbocycles. The van der Waals surface area contributed by atoms with Gasteiger partial charge in [0.2, 0.25) is 0 Å². The van der Waals surface area contributed by atoms with Crippen LogP contribution in [0, 0.1) is 6.92 Å². The van der Waals surface area contributed by atoms with E-state index in [1.165, 1.54) is 12.8 Å². The van der Waals surface area contributed by atoms with Crippen LogP contribution in [0.3, 0.4) is 0 Å². The molecule has 84 valence electrons. The lowest BCUT2D eigenvalue weighted by Crippen LogP contribution is -2.21. The summed E-state index contributed by atoms with van der Waals surface area (Å²) in [5, 5.41) is 10.3. The second-order valence-electron chi connectivity index (χ2n) is 4.48. The molecule has 1 aromatic rings. The first-order valence-corrected chi connectivity index (χ1v) is 5.71. The van der Waals surface area contributed by atoms with Gasteiger partial charge in [0.1, 0.15) is 0 Å². The summed E-state index contributed by atoms with van der Waals surface area (Å²) in [7, 11) is 0. The topological polar surface area (TPSA) is 33.1 Å². The van der Waals surface area contributed by atoms with Gasteiger partial charge in [0.15, 0.2) is 0 Å². The van der Waals surface area contributed by atoms with Gasteiger partial charge in [-0.05, 0) is 25.8 Å². The quantitative estimate of drug-likeness (QED) is 0.752. The number of rotatable bonds is 5. The zero-order chi connectivity index (χ0) is 11.3. The van der Waals surface area contributed by atoms with Gasteiger partial charge < -0.3 is 5.11 Å². The molecule has 1 unspecified atom stereocenters. The fourth-order valence-electron chi connectivity index (χ4n) is 1.71. The van der Waals surface area contributed by atoms with Crippen LogP contribution in [0.15, 0.2) is 18.5 Å². The van der Waals surface area contributed by atoms with E-state index >= 15 is 0 Å². The van der Waals surface area contributed by atoms with Crippen LogP contribution in [0.5, 0.6) is 0 Å². The van der Waals surface area contributed by atoms with Crippen molar-refractivity contribution in [3.05, 3.63) is 29.6 Å². The van der Waals surface area contributed by atoms with E-state index in [4.69, 9.17) is 0 Å². The maximum absolute atomic E-state index is 10.3. The molecule has 0 saturated carbocycles. The first-order valence-electron chi connectivity index (χ1n) is 5.71. The lowest BCUT2D eigenvalue weighted by atomic mass is 9.91. The first kappa shape index (κ1) is 12.2. The summed E-state index contributed by atoms with van der Waals surface area (Å²) in [6.07, 6.45) is 7.81. The van der Waals surface area contributed by atoms with Crippen molar-refractivity contribution in [1.82, 2.24) is 4.98 Å². The van der Waals surface area contributed by atoms with Crippen LogP contribution in [0.4, 0.5) is 0 Å². The molecule has 1 rings (SSSR count). The standard InChI is InChI=1S/C13H21NO/c1-4-5-6-7-13(3,15)12-8-11(2)9-14-10-12/h8-10,15H,4-7H2,1-3H3. The Morgan fingerprint density at radius 2 is 2.07 bits per heavy atom. The van der Waals surface area contributed by atoms with Crippen molar-refractivity contribution in [3.8, 4) is 0 Å². The fraction of sp³-hybridized carbons (Fsp3) is 0.615. The van der Waals surface area contributed by atoms with E-state index in [1.54, 1.807) is 6.20 Å². The molecule has 0 saturated heterocycles. The highest BCUT2D eigenvalue weighted by molar-refractivity contribution is 5.22. The summed E-state index contributed by atoms with van der Waals surface area (Å²) in [5.41, 5.74) is 1.30. The lowest BCUT2D eigenvalue weighted by molar-refractivity contribution is 0.0445. The number of aliphatic hydroxyl groups is 1. The van der Waals surface area contributed by atoms with Gasteiger partial charge >= 0.3 is 0 Å². The number of pyridine rings is 1. The smallest absolute Gasteiger partial charge is 0.0883 e. The zero-order valence-corrected chi connectivity index (χ0v) is 9.95. The molecule has 1 atom stereocenters. The molecular formula is C13H21NO. The number of aromatic nitrogens is 1. The van der Waals surface area contributed by atoms with Crippen LogP contribution < -0.4 is 0 Å². The van der Waals surface area contributed by atoms with Crippen LogP contribution >= 0.6 is 0 Å². The van der Waals surface area contributed by atoms with E-state index in [0.29, 0.717) is 0 Å². The molecule has 1 heterocycles. The minimum Gasteiger partial charge on any atom is -0.385 e. The molecule has 0 aliphatic rings. The number of hydrogen-bond donors (Lipinski definition) is 1. The molecule has 1 aromatic heterocycles. The highest BCUT2D eigenvalue weighted by Crippen LogP contribution is 2.26. The van der Waals surface area contributed by atoms with Crippen molar-refractivity contribution in [2.24, 2.45) is 0 Å². The molecule has 0 fully saturated rings. The molecule has 0 radical (unpaired) electrons. The van der Waals surface area contributed by atoms with Crippen LogP contribution in [-0.4, -0.2) is 10.1 Å². The van der Waals surface area contributed by atoms with E-state index in [-0.39, 0.29) is 0 Å². The Kier molecular flexibility index (Phi) is 4.28. The molecule has 0 amide bonds. The van der Waals surface area contributed by atoms with Crippen molar-refractivity contribution in [2.45, 2.75) is 52.1 Å². The number of unbranched alkanes of at least 4 members (excludes halogenated alkanes) is 2. The summed E-state index contributed by atoms with van der Waals surface area (Å²) in [4.78, 5) is 4.12. The second-order valence-corrected chi connectivity index (χ2v) is 4.48. The van der Waals surface area contributed by atoms with Crippen molar-refractivity contribution in [1.29, 1.82) is 0 Å². The Labute approximate surface area is 92.4 Å². The van der Waals surface area contributed by atoms with Crippen molar-refractivity contribution < 1.29 is 5.11 Å². The summed E-state index contributed by atoms with van der Waals surface area (Å²) < 4.78 is 0. The van der Waals surface area contributed by atoms with Crippen LogP contribution in [-0.2, 0) is 5.60 Å². The third-order valence-electron chi connectivity index (χ3n) is 2.76. The van der Waals surface area contributed by atoms with Gasteiger partial charge in [-0.1, -0.05) is 32.3 Å². The molecular weight excluding hydrogens is 186 g/mol. The number of nitrogens with zero attached hydrogens (tertiary/aromatic N) is 1. The van der Waals surface area contributed by atoms with E-state index in [0.717, 1.165) is 24.0 Å². The van der Waals surface area contributed by atoms with Gasteiger partial charge in [-0.15, -0.1) is 0 Å². The molecule has 0 spiro atoms. The minimum atomic E-state index is -0.728. The van der Waals surface area contributed by atoms with E-state index in [2.05, 4.69) is 11.9 Å². The van der Waals surface area contributed by atoms with Gasteiger partial charge in [0.25, 0.3) is 0 Å². The molecule has 0 aliphatic carbocycles. The lowest BCUT2D eigenvalue weighted by Gasteiger charge is -2.23. The van der Waals surface area contributed by atoms with Gasteiger partial charge in [0.05, 0.1) is 5.60 Å². The number of aryl methyl sites for hydroxylation is 1. The van der Waals surface area contributed by atoms with Crippen molar-refractivity contribution in [3.63, 3.8) is 0 Å². The predicted octanol–water partition coefficient (Wildman–Crippen LogP) is 3.18. The van der Waals surface area contributed by atoms with E-state index < -0.39 is 5.60 Å². The average Bonchev–Trinajstić information content (AvgIpc) is 2.18. The van der Waals surface area contributed by atoms with Crippen LogP contribution in [0.25, 0.3) is 0 Å². The minimum absolute atomic E-state index is 0.728. The van der Waals surface area contributed by atoms with Gasteiger partial charge in [-0.3, -0.25) is 4.98 Å². The molecule has 1 N–H and O–H groups in total. The van der Waals surface area contributed by atoms with Gasteiger partial charge in [-0.25, -0.2) is 0 Å². The van der Waals surface area contributed by atoms with Gasteiger partial charge in [0, 0.05) is 18.0 Å². The fourth-order valence-corrected chi connectivity index (χ4v) is 1.71. The maximum atomic E-state index is 10.3. The molecule has 0 bridgehead atoms. The Bertz CT molecular complexity index is 307. The summed E-state index contributed by atoms with van der Waals surface area (Å²) in [5.74, 6) is 0.